The van der Waals surface area contributed by atoms with Gasteiger partial charge in [-0.05, 0) is 30.9 Å². The molecule has 1 atom stereocenters. The van der Waals surface area contributed by atoms with Gasteiger partial charge in [0.1, 0.15) is 12.3 Å². The summed E-state index contributed by atoms with van der Waals surface area (Å²) in [5.41, 5.74) is 2.21. The summed E-state index contributed by atoms with van der Waals surface area (Å²) in [6.07, 6.45) is 2.29. The Labute approximate surface area is 137 Å². The molecule has 23 heavy (non-hydrogen) atoms. The van der Waals surface area contributed by atoms with E-state index in [9.17, 15) is 4.79 Å². The molecule has 0 bridgehead atoms. The summed E-state index contributed by atoms with van der Waals surface area (Å²) in [5.74, 6) is 0.198. The number of hydrogen-bond donors (Lipinski definition) is 0. The highest BCUT2D eigenvalue weighted by Gasteiger charge is 2.26. The van der Waals surface area contributed by atoms with Gasteiger partial charge < -0.3 is 9.64 Å². The molecular formula is C20H23NO2. The predicted octanol–water partition coefficient (Wildman–Crippen LogP) is 4.15. The molecule has 1 unspecified atom stereocenters. The maximum atomic E-state index is 12.1. The lowest BCUT2D eigenvalue weighted by atomic mass is 10.0. The van der Waals surface area contributed by atoms with Gasteiger partial charge in [0.25, 0.3) is 0 Å². The molecule has 1 fully saturated rings. The van der Waals surface area contributed by atoms with Gasteiger partial charge >= 0.3 is 0 Å². The molecule has 0 spiro atoms. The van der Waals surface area contributed by atoms with E-state index in [1.165, 1.54) is 0 Å². The van der Waals surface area contributed by atoms with Crippen molar-refractivity contribution in [3.8, 4) is 0 Å². The Kier molecular flexibility index (Phi) is 5.09. The molecule has 3 nitrogen and oxygen atoms in total. The highest BCUT2D eigenvalue weighted by atomic mass is 16.5. The van der Waals surface area contributed by atoms with Crippen LogP contribution in [0.15, 0.2) is 60.7 Å². The highest BCUT2D eigenvalue weighted by Crippen LogP contribution is 2.28. The molecule has 0 N–H and O–H groups in total. The quantitative estimate of drug-likeness (QED) is 0.830. The minimum Gasteiger partial charge on any atom is -0.346 e. The fraction of sp³-hybridized carbons (Fsp3) is 0.350. The molecule has 1 heterocycles. The second kappa shape index (κ2) is 7.42. The second-order valence-corrected chi connectivity index (χ2v) is 5.98. The SMILES string of the molecule is CC(OC(c1ccccc1)c1ccccc1)N1CCCCC1=O. The summed E-state index contributed by atoms with van der Waals surface area (Å²) < 4.78 is 6.34. The number of carbonyl (C=O) groups is 1. The van der Waals surface area contributed by atoms with Gasteiger partial charge in [-0.1, -0.05) is 60.7 Å². The van der Waals surface area contributed by atoms with Gasteiger partial charge in [-0.25, -0.2) is 0 Å². The lowest BCUT2D eigenvalue weighted by molar-refractivity contribution is -0.151. The van der Waals surface area contributed by atoms with Gasteiger partial charge in [0.2, 0.25) is 5.91 Å². The zero-order valence-corrected chi connectivity index (χ0v) is 13.5. The molecule has 120 valence electrons. The first-order valence-electron chi connectivity index (χ1n) is 8.30. The number of hydrogen-bond acceptors (Lipinski definition) is 2. The maximum Gasteiger partial charge on any atom is 0.224 e. The van der Waals surface area contributed by atoms with Crippen molar-refractivity contribution in [2.75, 3.05) is 6.54 Å². The third-order valence-corrected chi connectivity index (χ3v) is 4.34. The molecule has 0 saturated carbocycles. The Hall–Kier alpha value is -2.13. The Balaban J connectivity index is 1.83. The molecule has 0 radical (unpaired) electrons. The van der Waals surface area contributed by atoms with Crippen molar-refractivity contribution in [2.24, 2.45) is 0 Å². The van der Waals surface area contributed by atoms with E-state index >= 15 is 0 Å². The van der Waals surface area contributed by atoms with Gasteiger partial charge in [-0.15, -0.1) is 0 Å². The standard InChI is InChI=1S/C20H23NO2/c1-16(21-15-9-8-14-19(21)22)23-20(17-10-4-2-5-11-17)18-12-6-3-7-13-18/h2-7,10-13,16,20H,8-9,14-15H2,1H3. The van der Waals surface area contributed by atoms with Crippen molar-refractivity contribution >= 4 is 5.91 Å². The van der Waals surface area contributed by atoms with Crippen LogP contribution in [0.1, 0.15) is 43.4 Å². The minimum atomic E-state index is -0.229. The zero-order valence-electron chi connectivity index (χ0n) is 13.5. The average molecular weight is 309 g/mol. The van der Waals surface area contributed by atoms with Crippen LogP contribution in [-0.2, 0) is 9.53 Å². The fourth-order valence-electron chi connectivity index (χ4n) is 3.09. The molecule has 3 heteroatoms. The van der Waals surface area contributed by atoms with E-state index < -0.39 is 0 Å². The topological polar surface area (TPSA) is 29.5 Å². The second-order valence-electron chi connectivity index (χ2n) is 5.98. The molecule has 2 aromatic carbocycles. The molecule has 0 aromatic heterocycles. The predicted molar refractivity (Wildman–Crippen MR) is 90.8 cm³/mol. The first kappa shape index (κ1) is 15.8. The summed E-state index contributed by atoms with van der Waals surface area (Å²) in [6.45, 7) is 2.76. The van der Waals surface area contributed by atoms with Crippen molar-refractivity contribution in [1.82, 2.24) is 4.90 Å². The third-order valence-electron chi connectivity index (χ3n) is 4.34. The Morgan fingerprint density at radius 3 is 2.00 bits per heavy atom. The van der Waals surface area contributed by atoms with Crippen LogP contribution in [-0.4, -0.2) is 23.6 Å². The van der Waals surface area contributed by atoms with Gasteiger partial charge in [0.05, 0.1) is 0 Å². The van der Waals surface area contributed by atoms with Crippen molar-refractivity contribution in [3.63, 3.8) is 0 Å². The maximum absolute atomic E-state index is 12.1. The highest BCUT2D eigenvalue weighted by molar-refractivity contribution is 5.76. The molecule has 1 aliphatic heterocycles. The Bertz CT molecular complexity index is 587. The number of rotatable bonds is 5. The smallest absolute Gasteiger partial charge is 0.224 e. The number of likely N-dealkylation sites (tertiary alicyclic amines) is 1. The van der Waals surface area contributed by atoms with Crippen LogP contribution in [0.25, 0.3) is 0 Å². The molecular weight excluding hydrogens is 286 g/mol. The van der Waals surface area contributed by atoms with Crippen molar-refractivity contribution in [1.29, 1.82) is 0 Å². The van der Waals surface area contributed by atoms with E-state index in [4.69, 9.17) is 4.74 Å². The van der Waals surface area contributed by atoms with Crippen LogP contribution >= 0.6 is 0 Å². The third kappa shape index (κ3) is 3.80. The van der Waals surface area contributed by atoms with E-state index in [1.807, 2.05) is 48.2 Å². The van der Waals surface area contributed by atoms with Crippen LogP contribution in [0.2, 0.25) is 0 Å². The summed E-state index contributed by atoms with van der Waals surface area (Å²) >= 11 is 0. The van der Waals surface area contributed by atoms with Crippen molar-refractivity contribution < 1.29 is 9.53 Å². The van der Waals surface area contributed by atoms with Gasteiger partial charge in [-0.2, -0.15) is 0 Å². The molecule has 2 aromatic rings. The molecule has 1 aliphatic rings. The number of piperidine rings is 1. The van der Waals surface area contributed by atoms with Gasteiger partial charge in [0, 0.05) is 13.0 Å². The number of carbonyl (C=O) groups excluding carboxylic acids is 1. The summed E-state index contributed by atoms with van der Waals surface area (Å²) in [4.78, 5) is 14.0. The van der Waals surface area contributed by atoms with Crippen molar-refractivity contribution in [3.05, 3.63) is 71.8 Å². The van der Waals surface area contributed by atoms with Gasteiger partial charge in [-0.3, -0.25) is 4.79 Å². The first-order chi connectivity index (χ1) is 11.3. The van der Waals surface area contributed by atoms with Crippen LogP contribution in [0.4, 0.5) is 0 Å². The minimum absolute atomic E-state index is 0.165. The molecule has 3 rings (SSSR count). The van der Waals surface area contributed by atoms with E-state index in [0.29, 0.717) is 6.42 Å². The van der Waals surface area contributed by atoms with E-state index in [-0.39, 0.29) is 18.2 Å². The van der Waals surface area contributed by atoms with Crippen molar-refractivity contribution in [2.45, 2.75) is 38.5 Å². The largest absolute Gasteiger partial charge is 0.346 e. The van der Waals surface area contributed by atoms with E-state index in [1.54, 1.807) is 0 Å². The number of nitrogens with zero attached hydrogens (tertiary/aromatic N) is 1. The summed E-state index contributed by atoms with van der Waals surface area (Å²) in [5, 5.41) is 0. The van der Waals surface area contributed by atoms with E-state index in [2.05, 4.69) is 24.3 Å². The Morgan fingerprint density at radius 1 is 0.913 bits per heavy atom. The average Bonchev–Trinajstić information content (AvgIpc) is 2.61. The lowest BCUT2D eigenvalue weighted by Gasteiger charge is -2.34. The molecule has 0 aliphatic carbocycles. The van der Waals surface area contributed by atoms with Crippen LogP contribution in [0.5, 0.6) is 0 Å². The number of benzene rings is 2. The number of amides is 1. The first-order valence-corrected chi connectivity index (χ1v) is 8.30. The monoisotopic (exact) mass is 309 g/mol. The summed E-state index contributed by atoms with van der Waals surface area (Å²) in [7, 11) is 0. The number of ether oxygens (including phenoxy) is 1. The van der Waals surface area contributed by atoms with Crippen LogP contribution in [0.3, 0.4) is 0 Å². The molecule has 1 saturated heterocycles. The van der Waals surface area contributed by atoms with E-state index in [0.717, 1.165) is 30.5 Å². The van der Waals surface area contributed by atoms with Crippen LogP contribution < -0.4 is 0 Å². The lowest BCUT2D eigenvalue weighted by Crippen LogP contribution is -2.43. The van der Waals surface area contributed by atoms with Gasteiger partial charge in [0.15, 0.2) is 0 Å². The van der Waals surface area contributed by atoms with Crippen LogP contribution in [0, 0.1) is 0 Å². The fourth-order valence-corrected chi connectivity index (χ4v) is 3.09. The Morgan fingerprint density at radius 2 is 1.48 bits per heavy atom. The summed E-state index contributed by atoms with van der Waals surface area (Å²) in [6, 6.07) is 20.4. The molecule has 1 amide bonds. The zero-order chi connectivity index (χ0) is 16.1. The normalized spacial score (nSPS) is 16.6.